The smallest absolute Gasteiger partial charge is 0.410 e. The molecule has 1 amide bonds. The molecule has 1 aromatic rings. The molecule has 1 aliphatic carbocycles. The lowest BCUT2D eigenvalue weighted by Gasteiger charge is -2.44. The Kier molecular flexibility index (Phi) is 8.93. The van der Waals surface area contributed by atoms with Crippen LogP contribution in [0.2, 0.25) is 0 Å². The highest BCUT2D eigenvalue weighted by atomic mass is 16.6. The zero-order valence-corrected chi connectivity index (χ0v) is 21.1. The Morgan fingerprint density at radius 1 is 1.21 bits per heavy atom. The third kappa shape index (κ3) is 6.48. The molecule has 1 aromatic carbocycles. The van der Waals surface area contributed by atoms with Gasteiger partial charge in [-0.3, -0.25) is 15.0 Å². The Morgan fingerprint density at radius 2 is 1.88 bits per heavy atom. The van der Waals surface area contributed by atoms with E-state index in [1.165, 1.54) is 5.56 Å². The van der Waals surface area contributed by atoms with Crippen LogP contribution in [0.3, 0.4) is 0 Å². The van der Waals surface area contributed by atoms with E-state index in [1.54, 1.807) is 11.9 Å². The first kappa shape index (κ1) is 26.4. The van der Waals surface area contributed by atoms with Crippen LogP contribution in [-0.4, -0.2) is 65.9 Å². The summed E-state index contributed by atoms with van der Waals surface area (Å²) in [4.78, 5) is 26.9. The van der Waals surface area contributed by atoms with Crippen molar-refractivity contribution in [2.45, 2.75) is 94.9 Å². The van der Waals surface area contributed by atoms with Crippen LogP contribution >= 0.6 is 0 Å². The number of amides is 1. The third-order valence-electron chi connectivity index (χ3n) is 7.24. The number of nitrogens with one attached hydrogen (secondary N) is 1. The topological polar surface area (TPSA) is 93.9 Å². The van der Waals surface area contributed by atoms with Gasteiger partial charge < -0.3 is 14.8 Å². The van der Waals surface area contributed by atoms with Gasteiger partial charge in [0.2, 0.25) is 5.54 Å². The molecular weight excluding hydrogens is 434 g/mol. The van der Waals surface area contributed by atoms with Crippen LogP contribution in [-0.2, 0) is 9.47 Å². The molecule has 0 aromatic heterocycles. The van der Waals surface area contributed by atoms with Gasteiger partial charge in [-0.1, -0.05) is 30.3 Å². The van der Waals surface area contributed by atoms with Gasteiger partial charge in [0.15, 0.2) is 0 Å². The van der Waals surface area contributed by atoms with Crippen molar-refractivity contribution in [3.63, 3.8) is 0 Å². The standard InChI is InChI=1S/C26H41N3O5/c1-25(2,3)34-24(30)28-18-8-15-26(29(31)32,16-17-27-4)23(28)19-33-22-13-11-21(12-14-22)20-9-6-5-7-10-20/h5-7,9-10,21-23,27H,8,11-19H2,1-4H3/t21?,22?,23-,26+/m0/s1. The first-order valence-electron chi connectivity index (χ1n) is 12.6. The fourth-order valence-corrected chi connectivity index (χ4v) is 5.40. The number of ether oxygens (including phenoxy) is 2. The van der Waals surface area contributed by atoms with Crippen molar-refractivity contribution in [1.82, 2.24) is 10.2 Å². The Labute approximate surface area is 203 Å². The Hall–Kier alpha value is -2.19. The number of nitro groups is 1. The second-order valence-corrected chi connectivity index (χ2v) is 10.7. The molecular formula is C26H41N3O5. The van der Waals surface area contributed by atoms with Crippen LogP contribution in [0.25, 0.3) is 0 Å². The number of carbonyl (C=O) groups excluding carboxylic acids is 1. The maximum atomic E-state index is 13.1. The summed E-state index contributed by atoms with van der Waals surface area (Å²) in [6.45, 7) is 6.54. The lowest BCUT2D eigenvalue weighted by molar-refractivity contribution is -0.584. The fraction of sp³-hybridized carbons (Fsp3) is 0.731. The van der Waals surface area contributed by atoms with E-state index in [1.807, 2.05) is 26.8 Å². The lowest BCUT2D eigenvalue weighted by atomic mass is 9.79. The van der Waals surface area contributed by atoms with Crippen molar-refractivity contribution < 1.29 is 19.2 Å². The quantitative estimate of drug-likeness (QED) is 0.431. The molecule has 2 aliphatic rings. The maximum absolute atomic E-state index is 13.1. The van der Waals surface area contributed by atoms with Crippen molar-refractivity contribution in [3.05, 3.63) is 46.0 Å². The molecule has 8 nitrogen and oxygen atoms in total. The number of likely N-dealkylation sites (tertiary alicyclic amines) is 1. The molecule has 3 rings (SSSR count). The minimum atomic E-state index is -1.25. The molecule has 1 saturated heterocycles. The van der Waals surface area contributed by atoms with Crippen LogP contribution in [0, 0.1) is 10.1 Å². The predicted molar refractivity (Wildman–Crippen MR) is 132 cm³/mol. The zero-order chi connectivity index (χ0) is 24.8. The van der Waals surface area contributed by atoms with Gasteiger partial charge >= 0.3 is 6.09 Å². The van der Waals surface area contributed by atoms with Crippen molar-refractivity contribution in [2.24, 2.45) is 0 Å². The monoisotopic (exact) mass is 475 g/mol. The number of piperidine rings is 1. The van der Waals surface area contributed by atoms with Gasteiger partial charge in [-0.05, 0) is 71.4 Å². The molecule has 34 heavy (non-hydrogen) atoms. The molecule has 2 atom stereocenters. The van der Waals surface area contributed by atoms with Crippen molar-refractivity contribution in [2.75, 3.05) is 26.7 Å². The summed E-state index contributed by atoms with van der Waals surface area (Å²) in [7, 11) is 1.79. The molecule has 1 N–H and O–H groups in total. The van der Waals surface area contributed by atoms with Gasteiger partial charge in [0, 0.05) is 30.9 Å². The average molecular weight is 476 g/mol. The van der Waals surface area contributed by atoms with Crippen LogP contribution < -0.4 is 5.32 Å². The van der Waals surface area contributed by atoms with Gasteiger partial charge in [0.05, 0.1) is 12.7 Å². The van der Waals surface area contributed by atoms with Crippen LogP contribution in [0.5, 0.6) is 0 Å². The maximum Gasteiger partial charge on any atom is 0.410 e. The second kappa shape index (κ2) is 11.5. The molecule has 0 bridgehead atoms. The van der Waals surface area contributed by atoms with Gasteiger partial charge in [0.1, 0.15) is 11.6 Å². The minimum Gasteiger partial charge on any atom is -0.444 e. The van der Waals surface area contributed by atoms with E-state index < -0.39 is 23.3 Å². The largest absolute Gasteiger partial charge is 0.444 e. The molecule has 190 valence electrons. The third-order valence-corrected chi connectivity index (χ3v) is 7.24. The molecule has 0 unspecified atom stereocenters. The molecule has 1 saturated carbocycles. The summed E-state index contributed by atoms with van der Waals surface area (Å²) in [6, 6.07) is 9.89. The zero-order valence-electron chi connectivity index (χ0n) is 21.1. The van der Waals surface area contributed by atoms with E-state index in [9.17, 15) is 14.9 Å². The summed E-state index contributed by atoms with van der Waals surface area (Å²) in [6.07, 6.45) is 4.80. The summed E-state index contributed by atoms with van der Waals surface area (Å²) in [5.74, 6) is 0.530. The van der Waals surface area contributed by atoms with Crippen molar-refractivity contribution in [3.8, 4) is 0 Å². The van der Waals surface area contributed by atoms with E-state index >= 15 is 0 Å². The summed E-state index contributed by atoms with van der Waals surface area (Å²) < 4.78 is 12.0. The van der Waals surface area contributed by atoms with Crippen molar-refractivity contribution in [1.29, 1.82) is 0 Å². The first-order valence-corrected chi connectivity index (χ1v) is 12.6. The highest BCUT2D eigenvalue weighted by Gasteiger charge is 2.56. The number of carbonyl (C=O) groups is 1. The van der Waals surface area contributed by atoms with Crippen molar-refractivity contribution >= 4 is 6.09 Å². The molecule has 8 heteroatoms. The second-order valence-electron chi connectivity index (χ2n) is 10.7. The molecule has 1 aliphatic heterocycles. The number of benzene rings is 1. The van der Waals surface area contributed by atoms with E-state index in [-0.39, 0.29) is 17.6 Å². The summed E-state index contributed by atoms with van der Waals surface area (Å²) in [5, 5.41) is 15.5. The van der Waals surface area contributed by atoms with E-state index in [4.69, 9.17) is 9.47 Å². The number of hydrogen-bond donors (Lipinski definition) is 1. The number of hydrogen-bond acceptors (Lipinski definition) is 6. The highest BCUT2D eigenvalue weighted by molar-refractivity contribution is 5.69. The highest BCUT2D eigenvalue weighted by Crippen LogP contribution is 2.37. The molecule has 0 spiro atoms. The molecule has 2 fully saturated rings. The van der Waals surface area contributed by atoms with Crippen LogP contribution in [0.15, 0.2) is 30.3 Å². The van der Waals surface area contributed by atoms with Gasteiger partial charge in [-0.25, -0.2) is 4.79 Å². The van der Waals surface area contributed by atoms with Crippen LogP contribution in [0.1, 0.15) is 77.2 Å². The van der Waals surface area contributed by atoms with E-state index in [0.29, 0.717) is 38.3 Å². The fourth-order valence-electron chi connectivity index (χ4n) is 5.40. The van der Waals surface area contributed by atoms with E-state index in [0.717, 1.165) is 25.7 Å². The normalized spacial score (nSPS) is 27.9. The summed E-state index contributed by atoms with van der Waals surface area (Å²) in [5.41, 5.74) is -0.555. The Morgan fingerprint density at radius 3 is 2.47 bits per heavy atom. The lowest BCUT2D eigenvalue weighted by Crippen LogP contribution is -2.65. The molecule has 1 heterocycles. The van der Waals surface area contributed by atoms with Crippen LogP contribution in [0.4, 0.5) is 4.79 Å². The minimum absolute atomic E-state index is 0.0520. The predicted octanol–water partition coefficient (Wildman–Crippen LogP) is 4.75. The van der Waals surface area contributed by atoms with Gasteiger partial charge in [0.25, 0.3) is 0 Å². The number of rotatable bonds is 8. The Balaban J connectivity index is 1.72. The first-order chi connectivity index (χ1) is 16.2. The molecule has 0 radical (unpaired) electrons. The SMILES string of the molecule is CNCC[C@]1([N+](=O)[O-])CCCN(C(=O)OC(C)(C)C)[C@H]1COC1CCC(c2ccccc2)CC1. The van der Waals surface area contributed by atoms with Gasteiger partial charge in [-0.2, -0.15) is 0 Å². The van der Waals surface area contributed by atoms with Gasteiger partial charge in [-0.15, -0.1) is 0 Å². The average Bonchev–Trinajstić information content (AvgIpc) is 2.81. The van der Waals surface area contributed by atoms with E-state index in [2.05, 4.69) is 29.6 Å². The number of nitrogens with zero attached hydrogens (tertiary/aromatic N) is 2. The summed E-state index contributed by atoms with van der Waals surface area (Å²) >= 11 is 0. The Bertz CT molecular complexity index is 804.